The fraction of sp³-hybridized carbons (Fsp3) is 0.222. The zero-order chi connectivity index (χ0) is 18.9. The molecule has 0 spiro atoms. The molecule has 0 amide bonds. The quantitative estimate of drug-likeness (QED) is 0.548. The molecule has 0 N–H and O–H groups in total. The van der Waals surface area contributed by atoms with Crippen LogP contribution in [0.25, 0.3) is 0 Å². The Bertz CT molecular complexity index is 1010. The highest BCUT2D eigenvalue weighted by molar-refractivity contribution is 7.89. The minimum atomic E-state index is -3.80. The summed E-state index contributed by atoms with van der Waals surface area (Å²) in [5.74, 6) is 0. The maximum absolute atomic E-state index is 13.4. The van der Waals surface area contributed by atoms with E-state index in [0.29, 0.717) is 10.6 Å². The molecule has 2 aromatic heterocycles. The molecule has 3 rings (SSSR count). The number of benzene rings is 1. The molecular formula is C18H18Cl2N2O2S2. The molecule has 4 nitrogen and oxygen atoms in total. The zero-order valence-electron chi connectivity index (χ0n) is 14.3. The second-order valence-electron chi connectivity index (χ2n) is 5.99. The molecule has 0 saturated heterocycles. The van der Waals surface area contributed by atoms with E-state index >= 15 is 0 Å². The average Bonchev–Trinajstić information content (AvgIpc) is 3.22. The topological polar surface area (TPSA) is 42.3 Å². The third-order valence-electron chi connectivity index (χ3n) is 4.13. The van der Waals surface area contributed by atoms with E-state index in [1.165, 1.54) is 27.8 Å². The number of halogens is 2. The fourth-order valence-electron chi connectivity index (χ4n) is 2.61. The first kappa shape index (κ1) is 19.5. The average molecular weight is 429 g/mol. The van der Waals surface area contributed by atoms with Crippen molar-refractivity contribution < 1.29 is 8.42 Å². The van der Waals surface area contributed by atoms with Crippen LogP contribution in [0, 0.1) is 6.92 Å². The van der Waals surface area contributed by atoms with Gasteiger partial charge in [0.15, 0.2) is 0 Å². The van der Waals surface area contributed by atoms with Crippen LogP contribution in [-0.2, 0) is 30.2 Å². The van der Waals surface area contributed by atoms with Crippen LogP contribution in [0.1, 0.15) is 16.1 Å². The van der Waals surface area contributed by atoms with Gasteiger partial charge in [-0.25, -0.2) is 8.42 Å². The van der Waals surface area contributed by atoms with E-state index < -0.39 is 10.0 Å². The lowest BCUT2D eigenvalue weighted by Gasteiger charge is -2.23. The van der Waals surface area contributed by atoms with Gasteiger partial charge in [-0.1, -0.05) is 29.3 Å². The molecule has 0 aliphatic rings. The van der Waals surface area contributed by atoms with Crippen molar-refractivity contribution in [3.8, 4) is 0 Å². The predicted molar refractivity (Wildman–Crippen MR) is 107 cm³/mol. The van der Waals surface area contributed by atoms with E-state index in [1.807, 2.05) is 47.5 Å². The Hall–Kier alpha value is -1.31. The lowest BCUT2D eigenvalue weighted by atomic mass is 10.2. The molecule has 0 aliphatic heterocycles. The molecule has 2 heterocycles. The summed E-state index contributed by atoms with van der Waals surface area (Å²) in [7, 11) is -1.91. The van der Waals surface area contributed by atoms with Crippen LogP contribution >= 0.6 is 34.5 Å². The number of aromatic nitrogens is 1. The Morgan fingerprint density at radius 3 is 2.50 bits per heavy atom. The SMILES string of the molecule is Cc1cc(S(=O)(=O)N(Cc2cccs2)Cc2cccn2C)c(Cl)cc1Cl. The normalized spacial score (nSPS) is 12.0. The van der Waals surface area contributed by atoms with Gasteiger partial charge in [-0.05, 0) is 48.2 Å². The molecule has 8 heteroatoms. The van der Waals surface area contributed by atoms with Crippen molar-refractivity contribution in [2.24, 2.45) is 7.05 Å². The summed E-state index contributed by atoms with van der Waals surface area (Å²) >= 11 is 13.8. The largest absolute Gasteiger partial charge is 0.353 e. The minimum Gasteiger partial charge on any atom is -0.353 e. The van der Waals surface area contributed by atoms with Crippen LogP contribution in [0.5, 0.6) is 0 Å². The molecule has 138 valence electrons. The van der Waals surface area contributed by atoms with Gasteiger partial charge in [0.25, 0.3) is 0 Å². The number of nitrogens with zero attached hydrogens (tertiary/aromatic N) is 2. The molecule has 3 aromatic rings. The third-order valence-corrected chi connectivity index (χ3v) is 7.66. The van der Waals surface area contributed by atoms with Crippen LogP contribution in [0.2, 0.25) is 10.0 Å². The predicted octanol–water partition coefficient (Wildman–Crippen LogP) is 5.09. The van der Waals surface area contributed by atoms with Gasteiger partial charge in [0, 0.05) is 35.4 Å². The van der Waals surface area contributed by atoms with E-state index in [0.717, 1.165) is 10.6 Å². The van der Waals surface area contributed by atoms with Crippen molar-refractivity contribution in [2.45, 2.75) is 24.9 Å². The van der Waals surface area contributed by atoms with Crippen LogP contribution in [-0.4, -0.2) is 17.3 Å². The Morgan fingerprint density at radius 1 is 1.12 bits per heavy atom. The standard InChI is InChI=1S/C18H18Cl2N2O2S2/c1-13-9-18(17(20)10-16(13)19)26(23,24)22(12-15-6-4-8-25-15)11-14-5-3-7-21(14)2/h3-10H,11-12H2,1-2H3. The monoisotopic (exact) mass is 428 g/mol. The third kappa shape index (κ3) is 4.00. The first-order valence-electron chi connectivity index (χ1n) is 7.87. The zero-order valence-corrected chi connectivity index (χ0v) is 17.5. The molecule has 0 radical (unpaired) electrons. The second kappa shape index (κ2) is 7.74. The van der Waals surface area contributed by atoms with Gasteiger partial charge < -0.3 is 4.57 Å². The van der Waals surface area contributed by atoms with Gasteiger partial charge in [-0.15, -0.1) is 11.3 Å². The fourth-order valence-corrected chi connectivity index (χ4v) is 5.61. The van der Waals surface area contributed by atoms with E-state index in [4.69, 9.17) is 23.2 Å². The van der Waals surface area contributed by atoms with E-state index in [9.17, 15) is 8.42 Å². The molecule has 0 fully saturated rings. The lowest BCUT2D eigenvalue weighted by molar-refractivity contribution is 0.395. The lowest BCUT2D eigenvalue weighted by Crippen LogP contribution is -2.31. The highest BCUT2D eigenvalue weighted by atomic mass is 35.5. The molecule has 26 heavy (non-hydrogen) atoms. The van der Waals surface area contributed by atoms with E-state index in [1.54, 1.807) is 6.92 Å². The number of sulfonamides is 1. The Labute approximate surface area is 167 Å². The van der Waals surface area contributed by atoms with Crippen LogP contribution in [0.3, 0.4) is 0 Å². The van der Waals surface area contributed by atoms with Crippen molar-refractivity contribution in [1.82, 2.24) is 8.87 Å². The Balaban J connectivity index is 2.04. The number of rotatable bonds is 6. The molecule has 1 aromatic carbocycles. The summed E-state index contributed by atoms with van der Waals surface area (Å²) in [5, 5.41) is 2.51. The second-order valence-corrected chi connectivity index (χ2v) is 9.75. The van der Waals surface area contributed by atoms with Crippen molar-refractivity contribution in [1.29, 1.82) is 0 Å². The molecule has 0 unspecified atom stereocenters. The smallest absolute Gasteiger partial charge is 0.245 e. The number of aryl methyl sites for hydroxylation is 2. The molecular weight excluding hydrogens is 411 g/mol. The molecule has 0 saturated carbocycles. The summed E-state index contributed by atoms with van der Waals surface area (Å²) in [6.07, 6.45) is 1.89. The molecule has 0 atom stereocenters. The number of thiophene rings is 1. The number of hydrogen-bond acceptors (Lipinski definition) is 3. The summed E-state index contributed by atoms with van der Waals surface area (Å²) in [6, 6.07) is 10.7. The Kier molecular flexibility index (Phi) is 5.79. The van der Waals surface area contributed by atoms with Gasteiger partial charge in [-0.2, -0.15) is 4.31 Å². The van der Waals surface area contributed by atoms with Crippen molar-refractivity contribution >= 4 is 44.6 Å². The summed E-state index contributed by atoms with van der Waals surface area (Å²) in [4.78, 5) is 1.04. The van der Waals surface area contributed by atoms with E-state index in [-0.39, 0.29) is 23.0 Å². The molecule has 0 aliphatic carbocycles. The van der Waals surface area contributed by atoms with Gasteiger partial charge in [0.2, 0.25) is 10.0 Å². The van der Waals surface area contributed by atoms with Gasteiger partial charge >= 0.3 is 0 Å². The first-order chi connectivity index (χ1) is 12.3. The summed E-state index contributed by atoms with van der Waals surface area (Å²) in [5.41, 5.74) is 1.57. The van der Waals surface area contributed by atoms with Crippen LogP contribution < -0.4 is 0 Å². The van der Waals surface area contributed by atoms with Gasteiger partial charge in [-0.3, -0.25) is 0 Å². The van der Waals surface area contributed by atoms with Crippen LogP contribution in [0.4, 0.5) is 0 Å². The van der Waals surface area contributed by atoms with E-state index in [2.05, 4.69) is 0 Å². The van der Waals surface area contributed by atoms with Gasteiger partial charge in [0.05, 0.1) is 11.6 Å². The minimum absolute atomic E-state index is 0.0758. The highest BCUT2D eigenvalue weighted by Gasteiger charge is 2.28. The summed E-state index contributed by atoms with van der Waals surface area (Å²) in [6.45, 7) is 2.30. The summed E-state index contributed by atoms with van der Waals surface area (Å²) < 4.78 is 30.1. The van der Waals surface area contributed by atoms with Crippen molar-refractivity contribution in [2.75, 3.05) is 0 Å². The van der Waals surface area contributed by atoms with Crippen LogP contribution in [0.15, 0.2) is 52.9 Å². The maximum Gasteiger partial charge on any atom is 0.245 e. The number of hydrogen-bond donors (Lipinski definition) is 0. The molecule has 0 bridgehead atoms. The maximum atomic E-state index is 13.4. The van der Waals surface area contributed by atoms with Gasteiger partial charge in [0.1, 0.15) is 4.90 Å². The van der Waals surface area contributed by atoms with Crippen molar-refractivity contribution in [3.05, 3.63) is 74.2 Å². The Morgan fingerprint density at radius 2 is 1.88 bits per heavy atom. The first-order valence-corrected chi connectivity index (χ1v) is 10.9. The highest BCUT2D eigenvalue weighted by Crippen LogP contribution is 2.32. The van der Waals surface area contributed by atoms with Crippen molar-refractivity contribution in [3.63, 3.8) is 0 Å².